The molecule has 4 rings (SSSR count). The van der Waals surface area contributed by atoms with Gasteiger partial charge in [-0.2, -0.15) is 4.98 Å². The van der Waals surface area contributed by atoms with Gasteiger partial charge < -0.3 is 4.42 Å². The van der Waals surface area contributed by atoms with Crippen LogP contribution in [-0.4, -0.2) is 31.1 Å². The molecular formula is C18H20N4O2S. The fourth-order valence-electron chi connectivity index (χ4n) is 3.04. The quantitative estimate of drug-likeness (QED) is 0.648. The number of Topliss-reactive ketones (excluding diaryl/α,β-unsaturated/α-hetero) is 1. The first-order chi connectivity index (χ1) is 12.1. The lowest BCUT2D eigenvalue weighted by Gasteiger charge is -2.20. The van der Waals surface area contributed by atoms with Crippen LogP contribution in [0.25, 0.3) is 5.78 Å². The number of carbonyl (C=O) groups is 1. The fraction of sp³-hybridized carbons (Fsp3) is 0.444. The van der Waals surface area contributed by atoms with E-state index in [-0.39, 0.29) is 11.7 Å². The standard InChI is InChI=1S/C18H20N4O2S/c1-11(2)5-7-25-18-20-17-19-14-8-12(16-4-3-6-24-16)9-15(23)13(14)10-22(17)21-18/h3-4,6,10-12H,5,7-9H2,1-2H3/t12-/m1/s1. The average Bonchev–Trinajstić information content (AvgIpc) is 3.21. The van der Waals surface area contributed by atoms with Crippen molar-refractivity contribution < 1.29 is 9.21 Å². The number of aromatic nitrogens is 4. The molecule has 6 nitrogen and oxygen atoms in total. The first-order valence-electron chi connectivity index (χ1n) is 8.56. The molecule has 0 aromatic carbocycles. The SMILES string of the molecule is CC(C)CCSc1nc2nc3c(cn2n1)C(=O)C[C@H](c1ccco1)C3. The maximum Gasteiger partial charge on any atom is 0.253 e. The second-order valence-electron chi connectivity index (χ2n) is 6.81. The highest BCUT2D eigenvalue weighted by atomic mass is 32.2. The molecule has 0 N–H and O–H groups in total. The molecule has 0 aliphatic heterocycles. The van der Waals surface area contributed by atoms with E-state index >= 15 is 0 Å². The lowest BCUT2D eigenvalue weighted by Crippen LogP contribution is -2.21. The van der Waals surface area contributed by atoms with Gasteiger partial charge >= 0.3 is 0 Å². The summed E-state index contributed by atoms with van der Waals surface area (Å²) >= 11 is 1.63. The van der Waals surface area contributed by atoms with Crippen molar-refractivity contribution in [2.24, 2.45) is 5.92 Å². The molecule has 3 aromatic heterocycles. The summed E-state index contributed by atoms with van der Waals surface area (Å²) in [6, 6.07) is 3.77. The summed E-state index contributed by atoms with van der Waals surface area (Å²) in [5, 5.41) is 5.17. The Labute approximate surface area is 150 Å². The number of furan rings is 1. The van der Waals surface area contributed by atoms with Crippen molar-refractivity contribution in [3.8, 4) is 0 Å². The molecule has 25 heavy (non-hydrogen) atoms. The number of thioether (sulfide) groups is 1. The van der Waals surface area contributed by atoms with Crippen molar-refractivity contribution in [2.45, 2.75) is 44.2 Å². The predicted molar refractivity (Wildman–Crippen MR) is 95.1 cm³/mol. The molecule has 0 unspecified atom stereocenters. The minimum Gasteiger partial charge on any atom is -0.469 e. The van der Waals surface area contributed by atoms with Gasteiger partial charge in [0, 0.05) is 30.7 Å². The Morgan fingerprint density at radius 1 is 1.36 bits per heavy atom. The zero-order valence-electron chi connectivity index (χ0n) is 14.3. The summed E-state index contributed by atoms with van der Waals surface area (Å²) in [6.45, 7) is 4.41. The van der Waals surface area contributed by atoms with Crippen LogP contribution in [0.2, 0.25) is 0 Å². The zero-order valence-corrected chi connectivity index (χ0v) is 15.1. The fourth-order valence-corrected chi connectivity index (χ4v) is 4.10. The lowest BCUT2D eigenvalue weighted by atomic mass is 9.85. The summed E-state index contributed by atoms with van der Waals surface area (Å²) in [6.07, 6.45) is 5.67. The van der Waals surface area contributed by atoms with Gasteiger partial charge in [0.1, 0.15) is 5.76 Å². The van der Waals surface area contributed by atoms with Crippen molar-refractivity contribution in [3.05, 3.63) is 41.6 Å². The summed E-state index contributed by atoms with van der Waals surface area (Å²) in [5.74, 6) is 3.17. The average molecular weight is 356 g/mol. The molecule has 1 atom stereocenters. The lowest BCUT2D eigenvalue weighted by molar-refractivity contribution is 0.0958. The summed E-state index contributed by atoms with van der Waals surface area (Å²) in [7, 11) is 0. The van der Waals surface area contributed by atoms with E-state index in [1.165, 1.54) is 0 Å². The number of fused-ring (bicyclic) bond motifs is 2. The topological polar surface area (TPSA) is 73.3 Å². The molecule has 0 bridgehead atoms. The zero-order chi connectivity index (χ0) is 17.4. The van der Waals surface area contributed by atoms with Gasteiger partial charge in [0.2, 0.25) is 5.16 Å². The molecule has 0 amide bonds. The highest BCUT2D eigenvalue weighted by Gasteiger charge is 2.30. The number of ketones is 1. The Kier molecular flexibility index (Phi) is 4.33. The molecule has 0 fully saturated rings. The molecule has 3 aromatic rings. The third-order valence-corrected chi connectivity index (χ3v) is 5.31. The van der Waals surface area contributed by atoms with Crippen molar-refractivity contribution in [1.82, 2.24) is 19.6 Å². The van der Waals surface area contributed by atoms with Crippen LogP contribution < -0.4 is 0 Å². The Morgan fingerprint density at radius 3 is 3.00 bits per heavy atom. The van der Waals surface area contributed by atoms with Crippen LogP contribution in [0.4, 0.5) is 0 Å². The van der Waals surface area contributed by atoms with Crippen LogP contribution in [0, 0.1) is 5.92 Å². The normalized spacial score (nSPS) is 17.4. The maximum absolute atomic E-state index is 12.5. The number of nitrogens with zero attached hydrogens (tertiary/aromatic N) is 4. The van der Waals surface area contributed by atoms with E-state index in [4.69, 9.17) is 4.42 Å². The first kappa shape index (κ1) is 16.3. The minimum absolute atomic E-state index is 0.0489. The Balaban J connectivity index is 1.60. The van der Waals surface area contributed by atoms with Crippen molar-refractivity contribution in [3.63, 3.8) is 0 Å². The number of hydrogen-bond donors (Lipinski definition) is 0. The maximum atomic E-state index is 12.5. The van der Waals surface area contributed by atoms with E-state index < -0.39 is 0 Å². The van der Waals surface area contributed by atoms with Gasteiger partial charge in [-0.1, -0.05) is 25.6 Å². The number of rotatable bonds is 5. The molecule has 1 aliphatic rings. The van der Waals surface area contributed by atoms with E-state index in [0.29, 0.717) is 35.3 Å². The molecular weight excluding hydrogens is 336 g/mol. The minimum atomic E-state index is 0.0489. The number of hydrogen-bond acceptors (Lipinski definition) is 6. The summed E-state index contributed by atoms with van der Waals surface area (Å²) in [5.41, 5.74) is 1.44. The van der Waals surface area contributed by atoms with Gasteiger partial charge in [-0.25, -0.2) is 9.50 Å². The van der Waals surface area contributed by atoms with Gasteiger partial charge in [0.15, 0.2) is 5.78 Å². The molecule has 0 spiro atoms. The third-order valence-electron chi connectivity index (χ3n) is 4.43. The van der Waals surface area contributed by atoms with E-state index in [9.17, 15) is 4.79 Å². The van der Waals surface area contributed by atoms with Crippen LogP contribution in [0.1, 0.15) is 54.4 Å². The van der Waals surface area contributed by atoms with E-state index in [1.807, 2.05) is 12.1 Å². The smallest absolute Gasteiger partial charge is 0.253 e. The van der Waals surface area contributed by atoms with Crippen LogP contribution in [0.5, 0.6) is 0 Å². The molecule has 1 aliphatic carbocycles. The van der Waals surface area contributed by atoms with Crippen LogP contribution in [-0.2, 0) is 6.42 Å². The van der Waals surface area contributed by atoms with Crippen molar-refractivity contribution in [1.29, 1.82) is 0 Å². The summed E-state index contributed by atoms with van der Waals surface area (Å²) in [4.78, 5) is 21.6. The Bertz CT molecular complexity index is 901. The van der Waals surface area contributed by atoms with Gasteiger partial charge in [0.05, 0.1) is 17.5 Å². The highest BCUT2D eigenvalue weighted by Crippen LogP contribution is 2.32. The molecule has 0 saturated carbocycles. The van der Waals surface area contributed by atoms with Gasteiger partial charge in [-0.3, -0.25) is 4.79 Å². The Morgan fingerprint density at radius 2 is 2.24 bits per heavy atom. The van der Waals surface area contributed by atoms with Gasteiger partial charge in [-0.05, 0) is 24.5 Å². The van der Waals surface area contributed by atoms with Crippen molar-refractivity contribution >= 4 is 23.3 Å². The highest BCUT2D eigenvalue weighted by molar-refractivity contribution is 7.99. The molecule has 7 heteroatoms. The van der Waals surface area contributed by atoms with Crippen LogP contribution >= 0.6 is 11.8 Å². The molecule has 0 radical (unpaired) electrons. The van der Waals surface area contributed by atoms with Gasteiger partial charge in [0.25, 0.3) is 5.78 Å². The first-order valence-corrected chi connectivity index (χ1v) is 9.54. The van der Waals surface area contributed by atoms with Crippen molar-refractivity contribution in [2.75, 3.05) is 5.75 Å². The summed E-state index contributed by atoms with van der Waals surface area (Å²) < 4.78 is 7.10. The van der Waals surface area contributed by atoms with E-state index in [0.717, 1.165) is 23.6 Å². The second-order valence-corrected chi connectivity index (χ2v) is 7.88. The third kappa shape index (κ3) is 3.33. The molecule has 0 saturated heterocycles. The monoisotopic (exact) mass is 356 g/mol. The molecule has 130 valence electrons. The van der Waals surface area contributed by atoms with Gasteiger partial charge in [-0.15, -0.1) is 5.10 Å². The van der Waals surface area contributed by atoms with E-state index in [2.05, 4.69) is 28.9 Å². The van der Waals surface area contributed by atoms with Crippen LogP contribution in [0.15, 0.2) is 34.2 Å². The largest absolute Gasteiger partial charge is 0.469 e. The predicted octanol–water partition coefficient (Wildman–Crippen LogP) is 3.77. The number of carbonyl (C=O) groups excluding carboxylic acids is 1. The van der Waals surface area contributed by atoms with E-state index in [1.54, 1.807) is 28.7 Å². The van der Waals surface area contributed by atoms with Crippen LogP contribution in [0.3, 0.4) is 0 Å². The Hall–Kier alpha value is -2.15. The molecule has 3 heterocycles. The second kappa shape index (κ2) is 6.63.